The highest BCUT2D eigenvalue weighted by atomic mass is 16.5. The zero-order valence-corrected chi connectivity index (χ0v) is 19.8. The molecule has 0 radical (unpaired) electrons. The molecule has 1 heterocycles. The van der Waals surface area contributed by atoms with E-state index in [9.17, 15) is 9.90 Å². The summed E-state index contributed by atoms with van der Waals surface area (Å²) in [7, 11) is 1.64. The molecule has 0 aliphatic carbocycles. The fraction of sp³-hybridized carbons (Fsp3) is 0.167. The van der Waals surface area contributed by atoms with Gasteiger partial charge in [-0.05, 0) is 42.3 Å². The minimum atomic E-state index is -0.965. The first-order valence-corrected chi connectivity index (χ1v) is 11.7. The van der Waals surface area contributed by atoms with Crippen molar-refractivity contribution >= 4 is 27.6 Å². The minimum absolute atomic E-state index is 0.226. The predicted octanol–water partition coefficient (Wildman–Crippen LogP) is 7.01. The Hall–Kier alpha value is -4.25. The van der Waals surface area contributed by atoms with Gasteiger partial charge in [0.15, 0.2) is 0 Å². The molecule has 0 fully saturated rings. The number of carboxylic acid groups (broad SMARTS) is 1. The Bertz CT molecular complexity index is 1530. The Morgan fingerprint density at radius 1 is 0.886 bits per heavy atom. The Labute approximate surface area is 203 Å². The summed E-state index contributed by atoms with van der Waals surface area (Å²) in [5, 5.41) is 13.1. The lowest BCUT2D eigenvalue weighted by Gasteiger charge is -2.12. The first-order chi connectivity index (χ1) is 17.1. The zero-order valence-electron chi connectivity index (χ0n) is 19.8. The van der Waals surface area contributed by atoms with Crippen LogP contribution in [0.5, 0.6) is 11.5 Å². The fourth-order valence-electron chi connectivity index (χ4n) is 4.77. The SMILES string of the molecule is COc1ccccc1-c1cccc2c(CCCOc3c(C)ccc4ccccc34)c(C(=O)O)[nH]c12. The van der Waals surface area contributed by atoms with E-state index in [1.807, 2.05) is 61.5 Å². The van der Waals surface area contributed by atoms with Crippen molar-refractivity contribution in [1.82, 2.24) is 4.98 Å². The van der Waals surface area contributed by atoms with E-state index in [-0.39, 0.29) is 5.69 Å². The number of hydrogen-bond donors (Lipinski definition) is 2. The van der Waals surface area contributed by atoms with Crippen molar-refractivity contribution in [3.8, 4) is 22.6 Å². The van der Waals surface area contributed by atoms with Gasteiger partial charge in [-0.25, -0.2) is 4.79 Å². The van der Waals surface area contributed by atoms with Crippen LogP contribution in [-0.2, 0) is 6.42 Å². The predicted molar refractivity (Wildman–Crippen MR) is 140 cm³/mol. The molecule has 5 rings (SSSR count). The average Bonchev–Trinajstić information content (AvgIpc) is 3.26. The number of rotatable bonds is 8. The standard InChI is InChI=1S/C30H27NO4/c1-19-16-17-20-9-3-4-10-21(20)29(19)35-18-8-14-25-24-13-7-12-23(27(24)31-28(25)30(32)33)22-11-5-6-15-26(22)34-2/h3-7,9-13,15-17,31H,8,14,18H2,1-2H3,(H,32,33). The third-order valence-corrected chi connectivity index (χ3v) is 6.45. The van der Waals surface area contributed by atoms with Gasteiger partial charge in [0, 0.05) is 21.9 Å². The maximum atomic E-state index is 12.1. The van der Waals surface area contributed by atoms with Crippen molar-refractivity contribution in [3.05, 3.63) is 95.7 Å². The number of carboxylic acids is 1. The van der Waals surface area contributed by atoms with Gasteiger partial charge in [0.25, 0.3) is 0 Å². The highest BCUT2D eigenvalue weighted by Gasteiger charge is 2.20. The number of aromatic nitrogens is 1. The number of H-pyrrole nitrogens is 1. The van der Waals surface area contributed by atoms with Gasteiger partial charge >= 0.3 is 5.97 Å². The second-order valence-electron chi connectivity index (χ2n) is 8.60. The number of methoxy groups -OCH3 is 1. The van der Waals surface area contributed by atoms with E-state index >= 15 is 0 Å². The van der Waals surface area contributed by atoms with Crippen molar-refractivity contribution < 1.29 is 19.4 Å². The maximum Gasteiger partial charge on any atom is 0.352 e. The van der Waals surface area contributed by atoms with E-state index in [4.69, 9.17) is 9.47 Å². The molecule has 0 aliphatic rings. The number of aromatic carboxylic acids is 1. The maximum absolute atomic E-state index is 12.1. The monoisotopic (exact) mass is 465 g/mol. The van der Waals surface area contributed by atoms with Crippen LogP contribution in [0.15, 0.2) is 78.9 Å². The van der Waals surface area contributed by atoms with Crippen molar-refractivity contribution in [3.63, 3.8) is 0 Å². The molecule has 0 saturated carbocycles. The average molecular weight is 466 g/mol. The van der Waals surface area contributed by atoms with Gasteiger partial charge in [0.1, 0.15) is 17.2 Å². The van der Waals surface area contributed by atoms with E-state index in [0.29, 0.717) is 19.4 Å². The zero-order chi connectivity index (χ0) is 24.4. The third-order valence-electron chi connectivity index (χ3n) is 6.45. The van der Waals surface area contributed by atoms with E-state index in [0.717, 1.165) is 55.4 Å². The summed E-state index contributed by atoms with van der Waals surface area (Å²) in [5.74, 6) is 0.666. The van der Waals surface area contributed by atoms with Gasteiger partial charge in [0.05, 0.1) is 19.2 Å². The lowest BCUT2D eigenvalue weighted by Crippen LogP contribution is -2.05. The number of fused-ring (bicyclic) bond motifs is 2. The van der Waals surface area contributed by atoms with Gasteiger partial charge < -0.3 is 19.6 Å². The molecule has 1 aromatic heterocycles. The normalized spacial score (nSPS) is 11.1. The first-order valence-electron chi connectivity index (χ1n) is 11.7. The van der Waals surface area contributed by atoms with Crippen molar-refractivity contribution in [2.75, 3.05) is 13.7 Å². The summed E-state index contributed by atoms with van der Waals surface area (Å²) in [5.41, 5.74) is 4.74. The fourth-order valence-corrected chi connectivity index (χ4v) is 4.77. The molecule has 0 amide bonds. The summed E-state index contributed by atoms with van der Waals surface area (Å²) in [6, 6.07) is 26.0. The van der Waals surface area contributed by atoms with E-state index in [1.54, 1.807) is 7.11 Å². The van der Waals surface area contributed by atoms with Gasteiger partial charge in [-0.2, -0.15) is 0 Å². The molecule has 5 nitrogen and oxygen atoms in total. The van der Waals surface area contributed by atoms with Crippen LogP contribution >= 0.6 is 0 Å². The smallest absolute Gasteiger partial charge is 0.352 e. The summed E-state index contributed by atoms with van der Waals surface area (Å²) < 4.78 is 11.8. The van der Waals surface area contributed by atoms with Gasteiger partial charge in [-0.3, -0.25) is 0 Å². The number of hydrogen-bond acceptors (Lipinski definition) is 3. The molecule has 0 saturated heterocycles. The van der Waals surface area contributed by atoms with Crippen molar-refractivity contribution in [2.45, 2.75) is 19.8 Å². The summed E-state index contributed by atoms with van der Waals surface area (Å²) in [6.07, 6.45) is 1.27. The van der Waals surface area contributed by atoms with Crippen LogP contribution < -0.4 is 9.47 Å². The minimum Gasteiger partial charge on any atom is -0.496 e. The number of para-hydroxylation sites is 2. The number of carbonyl (C=O) groups is 1. The number of aryl methyl sites for hydroxylation is 2. The second-order valence-corrected chi connectivity index (χ2v) is 8.60. The van der Waals surface area contributed by atoms with Crippen LogP contribution in [0.25, 0.3) is 32.8 Å². The molecule has 4 aromatic carbocycles. The Morgan fingerprint density at radius 3 is 2.46 bits per heavy atom. The lowest BCUT2D eigenvalue weighted by molar-refractivity contribution is 0.0690. The molecule has 0 spiro atoms. The molecule has 0 atom stereocenters. The molecule has 5 heteroatoms. The molecule has 2 N–H and O–H groups in total. The molecule has 0 bridgehead atoms. The van der Waals surface area contributed by atoms with Crippen LogP contribution in [0.1, 0.15) is 28.0 Å². The third kappa shape index (κ3) is 4.21. The van der Waals surface area contributed by atoms with Crippen LogP contribution in [0.2, 0.25) is 0 Å². The van der Waals surface area contributed by atoms with Gasteiger partial charge in [-0.15, -0.1) is 0 Å². The topological polar surface area (TPSA) is 71.6 Å². The van der Waals surface area contributed by atoms with Gasteiger partial charge in [0.2, 0.25) is 0 Å². The summed E-state index contributed by atoms with van der Waals surface area (Å²) in [4.78, 5) is 15.3. The summed E-state index contributed by atoms with van der Waals surface area (Å²) >= 11 is 0. The molecular weight excluding hydrogens is 438 g/mol. The molecule has 5 aromatic rings. The van der Waals surface area contributed by atoms with Crippen LogP contribution in [-0.4, -0.2) is 29.8 Å². The molecule has 0 aliphatic heterocycles. The number of ether oxygens (including phenoxy) is 2. The Balaban J connectivity index is 1.44. The molecule has 176 valence electrons. The van der Waals surface area contributed by atoms with E-state index < -0.39 is 5.97 Å². The second kappa shape index (κ2) is 9.55. The number of nitrogens with one attached hydrogen (secondary N) is 1. The Morgan fingerprint density at radius 2 is 1.63 bits per heavy atom. The molecule has 0 unspecified atom stereocenters. The number of benzene rings is 4. The van der Waals surface area contributed by atoms with Crippen molar-refractivity contribution in [2.24, 2.45) is 0 Å². The highest BCUT2D eigenvalue weighted by molar-refractivity contribution is 6.03. The van der Waals surface area contributed by atoms with Crippen LogP contribution in [0.4, 0.5) is 0 Å². The largest absolute Gasteiger partial charge is 0.496 e. The molecular formula is C30H27NO4. The van der Waals surface area contributed by atoms with Crippen molar-refractivity contribution in [1.29, 1.82) is 0 Å². The van der Waals surface area contributed by atoms with Gasteiger partial charge in [-0.1, -0.05) is 72.8 Å². The van der Waals surface area contributed by atoms with E-state index in [2.05, 4.69) is 29.2 Å². The lowest BCUT2D eigenvalue weighted by atomic mass is 9.99. The van der Waals surface area contributed by atoms with Crippen LogP contribution in [0, 0.1) is 6.92 Å². The highest BCUT2D eigenvalue weighted by Crippen LogP contribution is 2.37. The quantitative estimate of drug-likeness (QED) is 0.242. The first kappa shape index (κ1) is 22.5. The Kier molecular flexibility index (Phi) is 6.15. The molecule has 35 heavy (non-hydrogen) atoms. The number of aromatic amines is 1. The van der Waals surface area contributed by atoms with E-state index in [1.165, 1.54) is 0 Å². The van der Waals surface area contributed by atoms with Crippen LogP contribution in [0.3, 0.4) is 0 Å². The summed E-state index contributed by atoms with van der Waals surface area (Å²) in [6.45, 7) is 2.54.